The lowest BCUT2D eigenvalue weighted by molar-refractivity contribution is -0.274. The third-order valence-electron chi connectivity index (χ3n) is 4.18. The topological polar surface area (TPSA) is 12.5 Å². The Morgan fingerprint density at radius 2 is 2.05 bits per heavy atom. The fraction of sp³-hybridized carbons (Fsp3) is 0.467. The molecule has 2 atom stereocenters. The molecule has 2 bridgehead atoms. The third-order valence-corrected chi connectivity index (χ3v) is 4.18. The van der Waals surface area contributed by atoms with Crippen molar-refractivity contribution in [3.63, 3.8) is 0 Å². The number of hydrogen-bond acceptors (Lipinski definition) is 2. The summed E-state index contributed by atoms with van der Waals surface area (Å²) in [5.74, 6) is -0.151. The van der Waals surface area contributed by atoms with E-state index in [2.05, 4.69) is 22.8 Å². The fourth-order valence-corrected chi connectivity index (χ4v) is 3.15. The van der Waals surface area contributed by atoms with E-state index in [1.165, 1.54) is 12.1 Å². The summed E-state index contributed by atoms with van der Waals surface area (Å²) in [5, 5.41) is 0. The molecule has 2 heterocycles. The van der Waals surface area contributed by atoms with Crippen molar-refractivity contribution >= 4 is 5.57 Å². The fourth-order valence-electron chi connectivity index (χ4n) is 3.15. The minimum atomic E-state index is -4.64. The summed E-state index contributed by atoms with van der Waals surface area (Å²) in [5.41, 5.74) is 1.96. The molecule has 108 valence electrons. The smallest absolute Gasteiger partial charge is 0.406 e. The van der Waals surface area contributed by atoms with Crippen LogP contribution in [0.3, 0.4) is 0 Å². The zero-order valence-corrected chi connectivity index (χ0v) is 11.2. The summed E-state index contributed by atoms with van der Waals surface area (Å²) in [6.07, 6.45) is 0.709. The van der Waals surface area contributed by atoms with E-state index in [9.17, 15) is 13.2 Å². The molecule has 0 aromatic heterocycles. The quantitative estimate of drug-likeness (QED) is 0.817. The highest BCUT2D eigenvalue weighted by Gasteiger charge is 2.34. The summed E-state index contributed by atoms with van der Waals surface area (Å²) in [4.78, 5) is 2.35. The van der Waals surface area contributed by atoms with Gasteiger partial charge in [0, 0.05) is 12.1 Å². The van der Waals surface area contributed by atoms with Crippen LogP contribution in [0.1, 0.15) is 24.8 Å². The normalized spacial score (nSPS) is 26.5. The number of halogens is 3. The van der Waals surface area contributed by atoms with Crippen LogP contribution in [0.5, 0.6) is 5.75 Å². The lowest BCUT2D eigenvalue weighted by Gasteiger charge is -2.30. The Labute approximate surface area is 115 Å². The molecule has 0 saturated carbocycles. The SMILES string of the molecule is CN1C2C=C(c3cccc(OC(F)(F)F)c3)CC1CC2. The van der Waals surface area contributed by atoms with Crippen LogP contribution in [0.25, 0.3) is 5.57 Å². The van der Waals surface area contributed by atoms with E-state index >= 15 is 0 Å². The van der Waals surface area contributed by atoms with Gasteiger partial charge in [0.15, 0.2) is 0 Å². The molecular formula is C15H16F3NO. The second-order valence-corrected chi connectivity index (χ2v) is 5.44. The van der Waals surface area contributed by atoms with Crippen molar-refractivity contribution < 1.29 is 17.9 Å². The van der Waals surface area contributed by atoms with Crippen molar-refractivity contribution in [2.24, 2.45) is 0 Å². The second kappa shape index (κ2) is 4.81. The molecule has 2 nitrogen and oxygen atoms in total. The van der Waals surface area contributed by atoms with Crippen molar-refractivity contribution in [1.29, 1.82) is 0 Å². The Morgan fingerprint density at radius 3 is 2.75 bits per heavy atom. The van der Waals surface area contributed by atoms with Crippen molar-refractivity contribution in [3.8, 4) is 5.75 Å². The highest BCUT2D eigenvalue weighted by molar-refractivity contribution is 5.69. The first-order valence-electron chi connectivity index (χ1n) is 6.71. The van der Waals surface area contributed by atoms with Crippen molar-refractivity contribution in [3.05, 3.63) is 35.9 Å². The average Bonchev–Trinajstić information content (AvgIpc) is 2.61. The molecule has 0 spiro atoms. The molecule has 1 aromatic rings. The van der Waals surface area contributed by atoms with Gasteiger partial charge in [-0.3, -0.25) is 4.90 Å². The number of ether oxygens (including phenoxy) is 1. The van der Waals surface area contributed by atoms with E-state index in [1.54, 1.807) is 6.07 Å². The Morgan fingerprint density at radius 1 is 1.25 bits per heavy atom. The predicted octanol–water partition coefficient (Wildman–Crippen LogP) is 3.84. The van der Waals surface area contributed by atoms with Crippen LogP contribution in [-0.2, 0) is 0 Å². The molecule has 1 aromatic carbocycles. The molecule has 20 heavy (non-hydrogen) atoms. The Balaban J connectivity index is 1.85. The van der Waals surface area contributed by atoms with Crippen molar-refractivity contribution in [1.82, 2.24) is 4.90 Å². The van der Waals surface area contributed by atoms with Crippen molar-refractivity contribution in [2.45, 2.75) is 37.7 Å². The molecule has 1 fully saturated rings. The van der Waals surface area contributed by atoms with E-state index < -0.39 is 6.36 Å². The molecule has 0 N–H and O–H groups in total. The predicted molar refractivity (Wildman–Crippen MR) is 70.3 cm³/mol. The van der Waals surface area contributed by atoms with Crippen LogP contribution < -0.4 is 4.74 Å². The summed E-state index contributed by atoms with van der Waals surface area (Å²) < 4.78 is 40.8. The van der Waals surface area contributed by atoms with E-state index in [1.807, 2.05) is 6.07 Å². The first kappa shape index (κ1) is 13.5. The summed E-state index contributed by atoms with van der Waals surface area (Å²) in [6.45, 7) is 0. The first-order valence-corrected chi connectivity index (χ1v) is 6.71. The zero-order chi connectivity index (χ0) is 14.3. The van der Waals surface area contributed by atoms with E-state index in [4.69, 9.17) is 0 Å². The van der Waals surface area contributed by atoms with Gasteiger partial charge in [-0.2, -0.15) is 0 Å². The van der Waals surface area contributed by atoms with Crippen LogP contribution >= 0.6 is 0 Å². The van der Waals surface area contributed by atoms with E-state index in [0.717, 1.165) is 30.4 Å². The van der Waals surface area contributed by atoms with Gasteiger partial charge in [0.05, 0.1) is 0 Å². The maximum absolute atomic E-state index is 12.3. The van der Waals surface area contributed by atoms with Gasteiger partial charge in [0.2, 0.25) is 0 Å². The van der Waals surface area contributed by atoms with E-state index in [-0.39, 0.29) is 5.75 Å². The summed E-state index contributed by atoms with van der Waals surface area (Å²) >= 11 is 0. The lowest BCUT2D eigenvalue weighted by Crippen LogP contribution is -2.34. The molecule has 0 radical (unpaired) electrons. The van der Waals surface area contributed by atoms with Gasteiger partial charge in [-0.1, -0.05) is 18.2 Å². The minimum absolute atomic E-state index is 0.151. The minimum Gasteiger partial charge on any atom is -0.406 e. The van der Waals surface area contributed by atoms with Gasteiger partial charge in [-0.05, 0) is 49.6 Å². The Kier molecular flexibility index (Phi) is 3.24. The number of likely N-dealkylation sites (N-methyl/N-ethyl adjacent to an activating group) is 1. The van der Waals surface area contributed by atoms with Gasteiger partial charge >= 0.3 is 6.36 Å². The highest BCUT2D eigenvalue weighted by atomic mass is 19.4. The number of alkyl halides is 3. The molecule has 0 amide bonds. The van der Waals surface area contributed by atoms with Gasteiger partial charge in [-0.25, -0.2) is 0 Å². The molecule has 1 saturated heterocycles. The number of nitrogens with zero attached hydrogens (tertiary/aromatic N) is 1. The standard InChI is InChI=1S/C15H16F3NO/c1-19-12-5-6-13(19)8-11(7-12)10-3-2-4-14(9-10)20-15(16,17)18/h2-4,7,9,12-13H,5-6,8H2,1H3. The van der Waals surface area contributed by atoms with Crippen molar-refractivity contribution in [2.75, 3.05) is 7.05 Å². The van der Waals surface area contributed by atoms with Crippen LogP contribution in [0.15, 0.2) is 30.3 Å². The summed E-state index contributed by atoms with van der Waals surface area (Å²) in [7, 11) is 2.11. The molecule has 3 rings (SSSR count). The zero-order valence-electron chi connectivity index (χ0n) is 11.2. The van der Waals surface area contributed by atoms with Crippen LogP contribution in [0.4, 0.5) is 13.2 Å². The molecule has 5 heteroatoms. The Bertz CT molecular complexity index is 538. The molecule has 2 aliphatic heterocycles. The van der Waals surface area contributed by atoms with Gasteiger partial charge in [0.25, 0.3) is 0 Å². The van der Waals surface area contributed by atoms with Crippen LogP contribution in [0.2, 0.25) is 0 Å². The molecule has 0 aliphatic carbocycles. The van der Waals surface area contributed by atoms with E-state index in [0.29, 0.717) is 12.1 Å². The maximum atomic E-state index is 12.3. The lowest BCUT2D eigenvalue weighted by atomic mass is 9.95. The monoisotopic (exact) mass is 283 g/mol. The largest absolute Gasteiger partial charge is 0.573 e. The number of benzene rings is 1. The second-order valence-electron chi connectivity index (χ2n) is 5.44. The molecule has 2 aliphatic rings. The Hall–Kier alpha value is -1.49. The number of rotatable bonds is 2. The summed E-state index contributed by atoms with van der Waals surface area (Å²) in [6, 6.07) is 7.19. The number of fused-ring (bicyclic) bond motifs is 2. The molecular weight excluding hydrogens is 267 g/mol. The average molecular weight is 283 g/mol. The van der Waals surface area contributed by atoms with Crippen LogP contribution in [0, 0.1) is 0 Å². The highest BCUT2D eigenvalue weighted by Crippen LogP contribution is 2.38. The van der Waals surface area contributed by atoms with Gasteiger partial charge in [-0.15, -0.1) is 13.2 Å². The first-order chi connectivity index (χ1) is 9.42. The van der Waals surface area contributed by atoms with Crippen LogP contribution in [-0.4, -0.2) is 30.4 Å². The maximum Gasteiger partial charge on any atom is 0.573 e. The molecule has 2 unspecified atom stereocenters. The number of hydrogen-bond donors (Lipinski definition) is 0. The third kappa shape index (κ3) is 2.68. The van der Waals surface area contributed by atoms with Gasteiger partial charge < -0.3 is 4.74 Å². The van der Waals surface area contributed by atoms with Gasteiger partial charge in [0.1, 0.15) is 5.75 Å².